The number of nitrogens with one attached hydrogen (secondary N) is 2. The lowest BCUT2D eigenvalue weighted by Gasteiger charge is -2.13. The van der Waals surface area contributed by atoms with Crippen LogP contribution in [0.15, 0.2) is 109 Å². The minimum Gasteiger partial charge on any atom is -0.497 e. The Hall–Kier alpha value is -5.62. The first-order valence-corrected chi connectivity index (χ1v) is 14.1. The van der Waals surface area contributed by atoms with Gasteiger partial charge >= 0.3 is 0 Å². The van der Waals surface area contributed by atoms with Gasteiger partial charge in [0.15, 0.2) is 0 Å². The standard InChI is InChI=1S/C37H29N3O3/c1-42-26-16-17-34(43-2)24(19-26)15-18-35(41)38-22-25-21-32-30-13-7-8-14-33(30)40-37(32)36(39-25)31-20-23-9-3-4-10-27(23)28-11-5-6-12-29(28)31/h3-21,40H,22H2,1-2H3,(H,38,41)/b18-15+. The number of ether oxygens (including phenoxy) is 2. The highest BCUT2D eigenvalue weighted by Gasteiger charge is 2.17. The SMILES string of the molecule is COc1ccc(OC)c(/C=C/C(=O)NCc2cc3c([nH]c4ccccc43)c(-c3cc4ccccc4c4ccccc34)n2)c1. The van der Waals surface area contributed by atoms with Crippen molar-refractivity contribution in [3.8, 4) is 22.8 Å². The Labute approximate surface area is 248 Å². The van der Waals surface area contributed by atoms with E-state index in [0.717, 1.165) is 55.1 Å². The third-order valence-electron chi connectivity index (χ3n) is 7.87. The Morgan fingerprint density at radius 2 is 1.53 bits per heavy atom. The normalized spacial score (nSPS) is 11.6. The molecule has 43 heavy (non-hydrogen) atoms. The maximum absolute atomic E-state index is 12.9. The molecule has 210 valence electrons. The zero-order chi connectivity index (χ0) is 29.3. The smallest absolute Gasteiger partial charge is 0.244 e. The molecule has 0 atom stereocenters. The van der Waals surface area contributed by atoms with E-state index in [1.54, 1.807) is 20.3 Å². The molecule has 0 spiro atoms. The van der Waals surface area contributed by atoms with Crippen molar-refractivity contribution in [3.63, 3.8) is 0 Å². The van der Waals surface area contributed by atoms with Crippen molar-refractivity contribution in [2.45, 2.75) is 6.54 Å². The second-order valence-electron chi connectivity index (χ2n) is 10.4. The quantitative estimate of drug-likeness (QED) is 0.152. The van der Waals surface area contributed by atoms with Gasteiger partial charge in [0.25, 0.3) is 0 Å². The molecule has 0 unspecified atom stereocenters. The van der Waals surface area contributed by atoms with E-state index in [-0.39, 0.29) is 12.5 Å². The predicted octanol–water partition coefficient (Wildman–Crippen LogP) is 8.04. The number of pyridine rings is 1. The number of rotatable bonds is 7. The van der Waals surface area contributed by atoms with E-state index in [1.165, 1.54) is 16.8 Å². The fourth-order valence-electron chi connectivity index (χ4n) is 5.81. The summed E-state index contributed by atoms with van der Waals surface area (Å²) >= 11 is 0. The maximum Gasteiger partial charge on any atom is 0.244 e. The maximum atomic E-state index is 12.9. The van der Waals surface area contributed by atoms with Crippen molar-refractivity contribution >= 4 is 55.3 Å². The Morgan fingerprint density at radius 1 is 0.791 bits per heavy atom. The number of para-hydroxylation sites is 1. The van der Waals surface area contributed by atoms with Crippen LogP contribution in [0.2, 0.25) is 0 Å². The minimum atomic E-state index is -0.233. The fourth-order valence-corrected chi connectivity index (χ4v) is 5.81. The molecular weight excluding hydrogens is 534 g/mol. The lowest BCUT2D eigenvalue weighted by molar-refractivity contribution is -0.116. The topological polar surface area (TPSA) is 76.2 Å². The molecule has 5 aromatic carbocycles. The van der Waals surface area contributed by atoms with E-state index < -0.39 is 0 Å². The molecule has 7 rings (SSSR count). The number of aromatic amines is 1. The van der Waals surface area contributed by atoms with Gasteiger partial charge in [-0.2, -0.15) is 0 Å². The number of hydrogen-bond donors (Lipinski definition) is 2. The van der Waals surface area contributed by atoms with E-state index in [1.807, 2.05) is 30.3 Å². The van der Waals surface area contributed by atoms with Gasteiger partial charge in [-0.05, 0) is 64.0 Å². The van der Waals surface area contributed by atoms with Gasteiger partial charge in [-0.3, -0.25) is 4.79 Å². The van der Waals surface area contributed by atoms with Crippen molar-refractivity contribution in [1.82, 2.24) is 15.3 Å². The summed E-state index contributed by atoms with van der Waals surface area (Å²) in [5.74, 6) is 1.11. The number of amides is 1. The molecule has 0 saturated heterocycles. The van der Waals surface area contributed by atoms with Crippen molar-refractivity contribution in [3.05, 3.63) is 120 Å². The van der Waals surface area contributed by atoms with Crippen molar-refractivity contribution in [2.75, 3.05) is 14.2 Å². The molecule has 1 amide bonds. The number of carbonyl (C=O) groups excluding carboxylic acids is 1. The third-order valence-corrected chi connectivity index (χ3v) is 7.87. The Kier molecular flexibility index (Phi) is 6.72. The molecule has 0 saturated carbocycles. The van der Waals surface area contributed by atoms with Gasteiger partial charge < -0.3 is 19.8 Å². The van der Waals surface area contributed by atoms with Crippen LogP contribution >= 0.6 is 0 Å². The lowest BCUT2D eigenvalue weighted by atomic mass is 9.94. The summed E-state index contributed by atoms with van der Waals surface area (Å²) in [6, 6.07) is 34.9. The van der Waals surface area contributed by atoms with Crippen LogP contribution in [0.4, 0.5) is 0 Å². The Bertz CT molecular complexity index is 2200. The summed E-state index contributed by atoms with van der Waals surface area (Å²) in [4.78, 5) is 21.7. The number of aromatic nitrogens is 2. The average Bonchev–Trinajstić information content (AvgIpc) is 3.44. The highest BCUT2D eigenvalue weighted by Crippen LogP contribution is 2.39. The van der Waals surface area contributed by atoms with Crippen LogP contribution in [-0.4, -0.2) is 30.1 Å². The zero-order valence-electron chi connectivity index (χ0n) is 23.8. The molecular formula is C37H29N3O3. The highest BCUT2D eigenvalue weighted by molar-refractivity contribution is 6.18. The number of benzene rings is 5. The van der Waals surface area contributed by atoms with Crippen LogP contribution < -0.4 is 14.8 Å². The summed E-state index contributed by atoms with van der Waals surface area (Å²) in [7, 11) is 3.20. The van der Waals surface area contributed by atoms with Crippen LogP contribution in [0.5, 0.6) is 11.5 Å². The molecule has 6 nitrogen and oxygen atoms in total. The lowest BCUT2D eigenvalue weighted by Crippen LogP contribution is -2.21. The molecule has 7 aromatic rings. The second kappa shape index (κ2) is 11.0. The van der Waals surface area contributed by atoms with Crippen molar-refractivity contribution in [2.24, 2.45) is 0 Å². The molecule has 0 aliphatic rings. The number of carbonyl (C=O) groups is 1. The van der Waals surface area contributed by atoms with Gasteiger partial charge in [-0.15, -0.1) is 0 Å². The third kappa shape index (κ3) is 4.83. The molecule has 6 heteroatoms. The van der Waals surface area contributed by atoms with Gasteiger partial charge in [0.05, 0.1) is 37.7 Å². The highest BCUT2D eigenvalue weighted by atomic mass is 16.5. The van der Waals surface area contributed by atoms with Crippen molar-refractivity contribution < 1.29 is 14.3 Å². The summed E-state index contributed by atoms with van der Waals surface area (Å²) in [5, 5.41) is 9.86. The van der Waals surface area contributed by atoms with Crippen molar-refractivity contribution in [1.29, 1.82) is 0 Å². The summed E-state index contributed by atoms with van der Waals surface area (Å²) < 4.78 is 10.8. The summed E-state index contributed by atoms with van der Waals surface area (Å²) in [6.45, 7) is 0.270. The fraction of sp³-hybridized carbons (Fsp3) is 0.0811. The molecule has 2 aromatic heterocycles. The van der Waals surface area contributed by atoms with E-state index >= 15 is 0 Å². The molecule has 0 aliphatic heterocycles. The van der Waals surface area contributed by atoms with Crippen LogP contribution in [0, 0.1) is 0 Å². The molecule has 0 radical (unpaired) electrons. The largest absolute Gasteiger partial charge is 0.497 e. The number of nitrogens with zero attached hydrogens (tertiary/aromatic N) is 1. The van der Waals surface area contributed by atoms with Crippen LogP contribution in [0.1, 0.15) is 11.3 Å². The summed E-state index contributed by atoms with van der Waals surface area (Å²) in [5.41, 5.74) is 5.44. The number of methoxy groups -OCH3 is 2. The van der Waals surface area contributed by atoms with E-state index in [0.29, 0.717) is 11.5 Å². The Balaban J connectivity index is 1.30. The van der Waals surface area contributed by atoms with Gasteiger partial charge in [0, 0.05) is 33.5 Å². The first-order valence-electron chi connectivity index (χ1n) is 14.1. The van der Waals surface area contributed by atoms with E-state index in [9.17, 15) is 4.79 Å². The number of hydrogen-bond acceptors (Lipinski definition) is 4. The molecule has 0 fully saturated rings. The van der Waals surface area contributed by atoms with Gasteiger partial charge in [-0.1, -0.05) is 66.7 Å². The second-order valence-corrected chi connectivity index (χ2v) is 10.4. The molecule has 2 N–H and O–H groups in total. The van der Waals surface area contributed by atoms with Gasteiger partial charge in [0.2, 0.25) is 5.91 Å². The summed E-state index contributed by atoms with van der Waals surface area (Å²) in [6.07, 6.45) is 3.22. The zero-order valence-corrected chi connectivity index (χ0v) is 23.8. The number of H-pyrrole nitrogens is 1. The van der Waals surface area contributed by atoms with Crippen LogP contribution in [-0.2, 0) is 11.3 Å². The molecule has 0 bridgehead atoms. The number of fused-ring (bicyclic) bond motifs is 6. The van der Waals surface area contributed by atoms with Gasteiger partial charge in [0.1, 0.15) is 11.5 Å². The molecule has 2 heterocycles. The first-order chi connectivity index (χ1) is 21.1. The van der Waals surface area contributed by atoms with E-state index in [4.69, 9.17) is 14.5 Å². The van der Waals surface area contributed by atoms with E-state index in [2.05, 4.69) is 83.1 Å². The Morgan fingerprint density at radius 3 is 2.35 bits per heavy atom. The van der Waals surface area contributed by atoms with Crippen LogP contribution in [0.3, 0.4) is 0 Å². The first kappa shape index (κ1) is 26.3. The monoisotopic (exact) mass is 563 g/mol. The van der Waals surface area contributed by atoms with Crippen LogP contribution in [0.25, 0.3) is 60.7 Å². The molecule has 0 aliphatic carbocycles. The average molecular weight is 564 g/mol. The predicted molar refractivity (Wildman–Crippen MR) is 174 cm³/mol. The van der Waals surface area contributed by atoms with Gasteiger partial charge in [-0.25, -0.2) is 4.98 Å². The minimum absolute atomic E-state index is 0.233.